The smallest absolute Gasteiger partial charge is 0.331 e. The summed E-state index contributed by atoms with van der Waals surface area (Å²) in [6, 6.07) is 0. The molecule has 4 heterocycles. The van der Waals surface area contributed by atoms with Crippen molar-refractivity contribution in [3.05, 3.63) is 48.6 Å². The van der Waals surface area contributed by atoms with Crippen LogP contribution in [0.15, 0.2) is 48.6 Å². The van der Waals surface area contributed by atoms with E-state index in [2.05, 4.69) is 6.92 Å². The van der Waals surface area contributed by atoms with Crippen LogP contribution in [0.3, 0.4) is 0 Å². The summed E-state index contributed by atoms with van der Waals surface area (Å²) in [5.41, 5.74) is 0. The van der Waals surface area contributed by atoms with E-state index < -0.39 is 114 Å². The number of methoxy groups -OCH3 is 3. The summed E-state index contributed by atoms with van der Waals surface area (Å²) in [7, 11) is 4.78. The molecule has 0 radical (unpaired) electrons. The van der Waals surface area contributed by atoms with Gasteiger partial charge in [-0.3, -0.25) is 0 Å². The van der Waals surface area contributed by atoms with Crippen molar-refractivity contribution in [2.45, 2.75) is 187 Å². The molecule has 0 spiro atoms. The molecule has 0 aromatic carbocycles. The van der Waals surface area contributed by atoms with E-state index >= 15 is 0 Å². The van der Waals surface area contributed by atoms with Crippen molar-refractivity contribution >= 4 is 11.9 Å². The molecule has 0 unspecified atom stereocenters. The van der Waals surface area contributed by atoms with Crippen molar-refractivity contribution in [2.24, 2.45) is 47.3 Å². The molecule has 372 valence electrons. The number of aliphatic hydroxyl groups excluding tert-OH is 4. The van der Waals surface area contributed by atoms with Gasteiger partial charge in [0.1, 0.15) is 18.3 Å². The van der Waals surface area contributed by atoms with Gasteiger partial charge in [0, 0.05) is 100 Å². The zero-order valence-electron chi connectivity index (χ0n) is 41.3. The lowest BCUT2D eigenvalue weighted by atomic mass is 9.76. The van der Waals surface area contributed by atoms with E-state index in [1.807, 2.05) is 55.4 Å². The van der Waals surface area contributed by atoms with Gasteiger partial charge in [-0.15, -0.1) is 0 Å². The summed E-state index contributed by atoms with van der Waals surface area (Å²) in [6.07, 6.45) is 6.05. The Morgan fingerprint density at radius 2 is 1.15 bits per heavy atom. The highest BCUT2D eigenvalue weighted by Gasteiger charge is 2.54. The molecule has 65 heavy (non-hydrogen) atoms. The second-order valence-corrected chi connectivity index (χ2v) is 19.3. The lowest BCUT2D eigenvalue weighted by Gasteiger charge is -2.51. The van der Waals surface area contributed by atoms with Crippen LogP contribution in [0.1, 0.15) is 102 Å². The van der Waals surface area contributed by atoms with Gasteiger partial charge in [0.05, 0.1) is 48.8 Å². The molecule has 0 amide bonds. The fourth-order valence-electron chi connectivity index (χ4n) is 10.5. The highest BCUT2D eigenvalue weighted by molar-refractivity contribution is 5.83. The maximum absolute atomic E-state index is 13.5. The van der Waals surface area contributed by atoms with Crippen LogP contribution in [0.2, 0.25) is 0 Å². The van der Waals surface area contributed by atoms with Gasteiger partial charge >= 0.3 is 11.9 Å². The molecule has 15 heteroatoms. The summed E-state index contributed by atoms with van der Waals surface area (Å²) in [6.45, 7) is 20.8. The molecule has 0 bridgehead atoms. The van der Waals surface area contributed by atoms with E-state index in [4.69, 9.17) is 42.6 Å². The van der Waals surface area contributed by atoms with E-state index in [0.717, 1.165) is 6.42 Å². The van der Waals surface area contributed by atoms with Crippen molar-refractivity contribution in [3.8, 4) is 0 Å². The summed E-state index contributed by atoms with van der Waals surface area (Å²) in [5.74, 6) is -6.84. The number of aliphatic hydroxyl groups is 4. The van der Waals surface area contributed by atoms with E-state index in [0.29, 0.717) is 6.42 Å². The number of cyclic esters (lactones) is 2. The highest BCUT2D eigenvalue weighted by Crippen LogP contribution is 2.45. The quantitative estimate of drug-likeness (QED) is 0.152. The van der Waals surface area contributed by atoms with E-state index in [1.165, 1.54) is 19.3 Å². The van der Waals surface area contributed by atoms with Crippen LogP contribution in [0.25, 0.3) is 0 Å². The second-order valence-electron chi connectivity index (χ2n) is 19.3. The molecular formula is C50H82O15. The fraction of sp³-hybridized carbons (Fsp3) is 0.800. The zero-order valence-corrected chi connectivity index (χ0v) is 41.3. The van der Waals surface area contributed by atoms with Crippen molar-refractivity contribution in [1.29, 1.82) is 0 Å². The maximum Gasteiger partial charge on any atom is 0.331 e. The molecule has 22 atom stereocenters. The third-order valence-electron chi connectivity index (χ3n) is 15.2. The standard InChI is InChI=1S/C50H82O15/c1-15-37-35(10)65-50(59-14,26-40(37)57-12)33(8)45(55)31(6)48-28(3)21-17-19-22-41(52)62-47(27(2)20-16-18-23-42(53)63-48)30(5)44(54)32(7)49(58-13)25-39(29(4)34(9)64-49)61-43-24-38(51)46(56)36(11)60-43/h16-23,27-40,43-48,51,54-56H,15,24-26H2,1-14H3/b20-16+,21-17+,22-19+,23-18+/t27-,28-,29+,30-,31-,32-,33-,34+,35+,36-,37+,38-,39+,40+,43-,44+,45+,46+,47-,48-,49+,50+/m0/s1. The Morgan fingerprint density at radius 3 is 1.58 bits per heavy atom. The predicted molar refractivity (Wildman–Crippen MR) is 243 cm³/mol. The average Bonchev–Trinajstić information content (AvgIpc) is 3.28. The first kappa shape index (κ1) is 55.1. The number of esters is 2. The van der Waals surface area contributed by atoms with Crippen molar-refractivity contribution < 1.29 is 72.6 Å². The highest BCUT2D eigenvalue weighted by atomic mass is 16.7. The summed E-state index contributed by atoms with van der Waals surface area (Å²) < 4.78 is 55.6. The minimum atomic E-state index is -1.31. The minimum absolute atomic E-state index is 0.0991. The minimum Gasteiger partial charge on any atom is -0.458 e. The molecule has 0 aromatic rings. The average molecular weight is 923 g/mol. The Hall–Kier alpha value is -2.54. The Labute approximate surface area is 387 Å². The van der Waals surface area contributed by atoms with E-state index in [1.54, 1.807) is 64.5 Å². The van der Waals surface area contributed by atoms with Gasteiger partial charge in [-0.05, 0) is 27.2 Å². The predicted octanol–water partition coefficient (Wildman–Crippen LogP) is 5.81. The first-order valence-electron chi connectivity index (χ1n) is 23.7. The van der Waals surface area contributed by atoms with Gasteiger partial charge < -0.3 is 63.1 Å². The number of rotatable bonds is 14. The number of carbonyl (C=O) groups excluding carboxylic acids is 2. The van der Waals surface area contributed by atoms with Gasteiger partial charge in [0.25, 0.3) is 0 Å². The fourth-order valence-corrected chi connectivity index (χ4v) is 10.5. The van der Waals surface area contributed by atoms with Gasteiger partial charge in [0.15, 0.2) is 17.9 Å². The maximum atomic E-state index is 13.5. The number of hydrogen-bond donors (Lipinski definition) is 4. The Kier molecular flexibility index (Phi) is 20.5. The third kappa shape index (κ3) is 13.0. The van der Waals surface area contributed by atoms with Gasteiger partial charge in [-0.25, -0.2) is 9.59 Å². The van der Waals surface area contributed by atoms with Crippen molar-refractivity contribution in [2.75, 3.05) is 21.3 Å². The van der Waals surface area contributed by atoms with Gasteiger partial charge in [0.2, 0.25) is 0 Å². The summed E-state index contributed by atoms with van der Waals surface area (Å²) >= 11 is 0. The van der Waals surface area contributed by atoms with Crippen LogP contribution >= 0.6 is 0 Å². The third-order valence-corrected chi connectivity index (χ3v) is 15.2. The lowest BCUT2D eigenvalue weighted by molar-refractivity contribution is -0.350. The number of allylic oxidation sites excluding steroid dienone is 4. The molecule has 4 N–H and O–H groups in total. The molecule has 0 aliphatic carbocycles. The first-order chi connectivity index (χ1) is 30.6. The Morgan fingerprint density at radius 1 is 0.692 bits per heavy atom. The first-order valence-corrected chi connectivity index (χ1v) is 23.7. The van der Waals surface area contributed by atoms with Crippen molar-refractivity contribution in [1.82, 2.24) is 0 Å². The van der Waals surface area contributed by atoms with E-state index in [-0.39, 0.29) is 43.0 Å². The topological polar surface area (TPSA) is 198 Å². The SMILES string of the molecule is CC[C@@H]1[C@@H](C)O[C@@](OC)([C@@H](C)[C@H](O)[C@H](C)[C@H]2OC(=O)/C=C/C=C/[C@H](C)[C@@H]([C@@H](C)[C@@H](O)[C@H](C)[C@@]3(OC)C[C@@H](O[C@H]4C[C@H](O)[C@H](O)[C@H](C)O4)[C@H](C)[C@@H](C)O3)OC(=O)/C=C/C=C/[C@@H]2C)C[C@H]1OC. The summed E-state index contributed by atoms with van der Waals surface area (Å²) in [5, 5.41) is 44.7. The van der Waals surface area contributed by atoms with Crippen LogP contribution < -0.4 is 0 Å². The Balaban J connectivity index is 1.52. The normalized spacial score (nSPS) is 43.7. The molecule has 4 aliphatic heterocycles. The van der Waals surface area contributed by atoms with Gasteiger partial charge in [-0.2, -0.15) is 0 Å². The van der Waals surface area contributed by atoms with E-state index in [9.17, 15) is 30.0 Å². The second kappa shape index (κ2) is 24.1. The molecular weight excluding hydrogens is 841 g/mol. The monoisotopic (exact) mass is 923 g/mol. The van der Waals surface area contributed by atoms with Crippen LogP contribution in [0.4, 0.5) is 0 Å². The molecule has 3 saturated heterocycles. The Bertz CT molecular complexity index is 1620. The van der Waals surface area contributed by atoms with Crippen LogP contribution in [0.5, 0.6) is 0 Å². The number of carbonyl (C=O) groups is 2. The lowest BCUT2D eigenvalue weighted by Crippen LogP contribution is -2.59. The number of hydrogen-bond acceptors (Lipinski definition) is 15. The largest absolute Gasteiger partial charge is 0.458 e. The number of ether oxygens (including phenoxy) is 9. The van der Waals surface area contributed by atoms with Gasteiger partial charge in [-0.1, -0.05) is 91.8 Å². The van der Waals surface area contributed by atoms with Crippen LogP contribution in [-0.2, 0) is 52.2 Å². The van der Waals surface area contributed by atoms with Crippen LogP contribution in [-0.4, -0.2) is 139 Å². The molecule has 4 rings (SSSR count). The van der Waals surface area contributed by atoms with Crippen molar-refractivity contribution in [3.63, 3.8) is 0 Å². The zero-order chi connectivity index (χ0) is 48.6. The molecule has 4 aliphatic rings. The molecule has 0 aromatic heterocycles. The van der Waals surface area contributed by atoms with Crippen LogP contribution in [0, 0.1) is 47.3 Å². The molecule has 15 nitrogen and oxygen atoms in total. The summed E-state index contributed by atoms with van der Waals surface area (Å²) in [4.78, 5) is 26.9. The molecule has 3 fully saturated rings. The molecule has 0 saturated carbocycles.